The lowest BCUT2D eigenvalue weighted by Gasteiger charge is -2.21. The molecule has 244 valence electrons. The second-order valence-electron chi connectivity index (χ2n) is 12.4. The second kappa shape index (κ2) is 32.0. The van der Waals surface area contributed by atoms with Crippen molar-refractivity contribution in [3.8, 4) is 0 Å². The van der Waals surface area contributed by atoms with Crippen molar-refractivity contribution in [3.63, 3.8) is 0 Å². The van der Waals surface area contributed by atoms with E-state index in [1.165, 1.54) is 135 Å². The Labute approximate surface area is 255 Å². The van der Waals surface area contributed by atoms with Crippen molar-refractivity contribution in [3.05, 3.63) is 12.2 Å². The zero-order valence-corrected chi connectivity index (χ0v) is 27.4. The standard InChI is InChI=1S/C36H71NO4/c1-3-5-7-9-11-13-14-15-16-17-18-19-20-21-23-24-26-28-30-34(39)33(32-38)37-36(41)35(40)31-29-27-25-22-12-10-8-6-4-2/h28,30,33-35,38-40H,3-27,29,31-32H2,1-2H3,(H,37,41)/b30-28+. The van der Waals surface area contributed by atoms with Gasteiger partial charge in [0.2, 0.25) is 5.91 Å². The summed E-state index contributed by atoms with van der Waals surface area (Å²) >= 11 is 0. The van der Waals surface area contributed by atoms with Crippen LogP contribution in [0.15, 0.2) is 12.2 Å². The van der Waals surface area contributed by atoms with Gasteiger partial charge in [0.25, 0.3) is 0 Å². The van der Waals surface area contributed by atoms with Crippen molar-refractivity contribution in [1.29, 1.82) is 0 Å². The van der Waals surface area contributed by atoms with Gasteiger partial charge in [-0.15, -0.1) is 0 Å². The fourth-order valence-corrected chi connectivity index (χ4v) is 5.48. The number of rotatable bonds is 32. The Kier molecular flexibility index (Phi) is 31.3. The third kappa shape index (κ3) is 27.7. The molecule has 0 aliphatic heterocycles. The summed E-state index contributed by atoms with van der Waals surface area (Å²) in [6, 6.07) is -0.790. The highest BCUT2D eigenvalue weighted by Gasteiger charge is 2.22. The molecule has 0 aromatic heterocycles. The van der Waals surface area contributed by atoms with Crippen LogP contribution in [0.4, 0.5) is 0 Å². The molecule has 0 heterocycles. The molecule has 41 heavy (non-hydrogen) atoms. The van der Waals surface area contributed by atoms with Gasteiger partial charge < -0.3 is 20.6 Å². The van der Waals surface area contributed by atoms with E-state index >= 15 is 0 Å². The fraction of sp³-hybridized carbons (Fsp3) is 0.917. The Morgan fingerprint density at radius 1 is 0.585 bits per heavy atom. The van der Waals surface area contributed by atoms with Gasteiger partial charge in [-0.2, -0.15) is 0 Å². The monoisotopic (exact) mass is 582 g/mol. The van der Waals surface area contributed by atoms with E-state index < -0.39 is 24.2 Å². The molecule has 0 aliphatic carbocycles. The first-order valence-corrected chi connectivity index (χ1v) is 18.0. The van der Waals surface area contributed by atoms with Crippen LogP contribution in [0.25, 0.3) is 0 Å². The van der Waals surface area contributed by atoms with Gasteiger partial charge in [0.05, 0.1) is 18.8 Å². The molecule has 4 N–H and O–H groups in total. The van der Waals surface area contributed by atoms with E-state index in [0.29, 0.717) is 6.42 Å². The zero-order valence-electron chi connectivity index (χ0n) is 27.4. The number of nitrogens with one attached hydrogen (secondary N) is 1. The van der Waals surface area contributed by atoms with Crippen LogP contribution >= 0.6 is 0 Å². The molecular formula is C36H71NO4. The first kappa shape index (κ1) is 40.1. The summed E-state index contributed by atoms with van der Waals surface area (Å²) < 4.78 is 0. The summed E-state index contributed by atoms with van der Waals surface area (Å²) in [6.07, 6.45) is 35.2. The lowest BCUT2D eigenvalue weighted by molar-refractivity contribution is -0.131. The van der Waals surface area contributed by atoms with E-state index in [2.05, 4.69) is 19.2 Å². The van der Waals surface area contributed by atoms with E-state index in [4.69, 9.17) is 0 Å². The summed E-state index contributed by atoms with van der Waals surface area (Å²) in [5.74, 6) is -0.506. The molecule has 5 nitrogen and oxygen atoms in total. The summed E-state index contributed by atoms with van der Waals surface area (Å²) in [5.41, 5.74) is 0. The quantitative estimate of drug-likeness (QED) is 0.0471. The average Bonchev–Trinajstić information content (AvgIpc) is 2.98. The maximum Gasteiger partial charge on any atom is 0.249 e. The third-order valence-electron chi connectivity index (χ3n) is 8.38. The number of carbonyl (C=O) groups excluding carboxylic acids is 1. The normalized spacial score (nSPS) is 14.0. The third-order valence-corrected chi connectivity index (χ3v) is 8.38. The first-order chi connectivity index (χ1) is 20.1. The summed E-state index contributed by atoms with van der Waals surface area (Å²) in [7, 11) is 0. The minimum absolute atomic E-state index is 0.360. The molecule has 0 aromatic carbocycles. The first-order valence-electron chi connectivity index (χ1n) is 18.0. The second-order valence-corrected chi connectivity index (χ2v) is 12.4. The molecule has 0 radical (unpaired) electrons. The minimum Gasteiger partial charge on any atom is -0.394 e. The number of amides is 1. The van der Waals surface area contributed by atoms with Crippen molar-refractivity contribution in [2.75, 3.05) is 6.61 Å². The molecule has 0 aromatic rings. The van der Waals surface area contributed by atoms with E-state index in [1.807, 2.05) is 6.08 Å². The highest BCUT2D eigenvalue weighted by atomic mass is 16.3. The maximum atomic E-state index is 12.3. The van der Waals surface area contributed by atoms with Crippen LogP contribution in [0.2, 0.25) is 0 Å². The molecule has 1 amide bonds. The molecule has 0 fully saturated rings. The van der Waals surface area contributed by atoms with Gasteiger partial charge in [0.1, 0.15) is 6.10 Å². The smallest absolute Gasteiger partial charge is 0.249 e. The van der Waals surface area contributed by atoms with Crippen LogP contribution in [-0.2, 0) is 4.79 Å². The van der Waals surface area contributed by atoms with Crippen molar-refractivity contribution in [2.24, 2.45) is 0 Å². The highest BCUT2D eigenvalue weighted by Crippen LogP contribution is 2.15. The van der Waals surface area contributed by atoms with E-state index in [1.54, 1.807) is 6.08 Å². The summed E-state index contributed by atoms with van der Waals surface area (Å²) in [4.78, 5) is 12.3. The van der Waals surface area contributed by atoms with Gasteiger partial charge in [-0.05, 0) is 19.3 Å². The number of hydrogen-bond donors (Lipinski definition) is 4. The molecule has 5 heteroatoms. The van der Waals surface area contributed by atoms with Gasteiger partial charge >= 0.3 is 0 Å². The molecule has 0 aliphatic rings. The minimum atomic E-state index is -1.09. The average molecular weight is 582 g/mol. The van der Waals surface area contributed by atoms with Crippen molar-refractivity contribution < 1.29 is 20.1 Å². The van der Waals surface area contributed by atoms with Gasteiger partial charge in [-0.3, -0.25) is 4.79 Å². The Bertz CT molecular complexity index is 568. The summed E-state index contributed by atoms with van der Waals surface area (Å²) in [5, 5.41) is 32.8. The van der Waals surface area contributed by atoms with Gasteiger partial charge in [0.15, 0.2) is 0 Å². The van der Waals surface area contributed by atoms with Crippen LogP contribution in [0, 0.1) is 0 Å². The van der Waals surface area contributed by atoms with Crippen LogP contribution in [-0.4, -0.2) is 46.1 Å². The molecule has 3 unspecified atom stereocenters. The van der Waals surface area contributed by atoms with Crippen molar-refractivity contribution >= 4 is 5.91 Å². The number of unbranched alkanes of at least 4 members (excludes halogenated alkanes) is 24. The number of hydrogen-bond acceptors (Lipinski definition) is 4. The Balaban J connectivity index is 3.70. The Hall–Kier alpha value is -0.910. The number of aliphatic hydroxyl groups excluding tert-OH is 3. The molecule has 0 spiro atoms. The largest absolute Gasteiger partial charge is 0.394 e. The van der Waals surface area contributed by atoms with E-state index in [-0.39, 0.29) is 6.61 Å². The topological polar surface area (TPSA) is 89.8 Å². The van der Waals surface area contributed by atoms with Crippen LogP contribution in [0.3, 0.4) is 0 Å². The molecule has 3 atom stereocenters. The molecule has 0 bridgehead atoms. The molecular weight excluding hydrogens is 510 g/mol. The number of allylic oxidation sites excluding steroid dienone is 1. The van der Waals surface area contributed by atoms with E-state index in [0.717, 1.165) is 32.1 Å². The molecule has 0 saturated heterocycles. The number of aliphatic hydroxyl groups is 3. The fourth-order valence-electron chi connectivity index (χ4n) is 5.48. The number of carbonyl (C=O) groups is 1. The maximum absolute atomic E-state index is 12.3. The van der Waals surface area contributed by atoms with E-state index in [9.17, 15) is 20.1 Å². The van der Waals surface area contributed by atoms with Crippen LogP contribution < -0.4 is 5.32 Å². The van der Waals surface area contributed by atoms with Gasteiger partial charge in [0, 0.05) is 0 Å². The predicted octanol–water partition coefficient (Wildman–Crippen LogP) is 9.31. The van der Waals surface area contributed by atoms with Crippen molar-refractivity contribution in [1.82, 2.24) is 5.32 Å². The zero-order chi connectivity index (χ0) is 30.2. The lowest BCUT2D eigenvalue weighted by Crippen LogP contribution is -2.48. The van der Waals surface area contributed by atoms with Gasteiger partial charge in [-0.1, -0.05) is 180 Å². The lowest BCUT2D eigenvalue weighted by atomic mass is 10.0. The predicted molar refractivity (Wildman–Crippen MR) is 176 cm³/mol. The van der Waals surface area contributed by atoms with Crippen LogP contribution in [0.1, 0.15) is 187 Å². The van der Waals surface area contributed by atoms with Crippen LogP contribution in [0.5, 0.6) is 0 Å². The van der Waals surface area contributed by atoms with Gasteiger partial charge in [-0.25, -0.2) is 0 Å². The molecule has 0 rings (SSSR count). The highest BCUT2D eigenvalue weighted by molar-refractivity contribution is 5.80. The molecule has 0 saturated carbocycles. The summed E-state index contributed by atoms with van der Waals surface area (Å²) in [6.45, 7) is 4.14. The Morgan fingerprint density at radius 3 is 1.34 bits per heavy atom. The van der Waals surface area contributed by atoms with Crippen molar-refractivity contribution in [2.45, 2.75) is 205 Å². The Morgan fingerprint density at radius 2 is 0.951 bits per heavy atom. The SMILES string of the molecule is CCCCCCCCCCCCCCCCCC/C=C/C(O)C(CO)NC(=O)C(O)CCCCCCCCCCC.